The molecular formula is C6H20O2Si3. The van der Waals surface area contributed by atoms with Crippen molar-refractivity contribution in [1.29, 1.82) is 0 Å². The van der Waals surface area contributed by atoms with E-state index in [1.165, 1.54) is 12.5 Å². The van der Waals surface area contributed by atoms with E-state index in [9.17, 15) is 0 Å². The minimum atomic E-state index is -1.15. The van der Waals surface area contributed by atoms with Gasteiger partial charge in [-0.2, -0.15) is 0 Å². The van der Waals surface area contributed by atoms with Crippen molar-refractivity contribution in [1.82, 2.24) is 0 Å². The fourth-order valence-electron chi connectivity index (χ4n) is 0.925. The summed E-state index contributed by atoms with van der Waals surface area (Å²) >= 11 is 0. The van der Waals surface area contributed by atoms with Crippen molar-refractivity contribution < 1.29 is 8.23 Å². The van der Waals surface area contributed by atoms with E-state index in [0.29, 0.717) is 0 Å². The van der Waals surface area contributed by atoms with Crippen molar-refractivity contribution in [2.75, 3.05) is 0 Å². The van der Waals surface area contributed by atoms with Gasteiger partial charge in [0, 0.05) is 0 Å². The van der Waals surface area contributed by atoms with Crippen LogP contribution >= 0.6 is 0 Å². The van der Waals surface area contributed by atoms with Gasteiger partial charge in [0.05, 0.1) is 0 Å². The smallest absolute Gasteiger partial charge is 0.299 e. The Kier molecular flexibility index (Phi) is 7.61. The lowest BCUT2D eigenvalue weighted by molar-refractivity contribution is 0.448. The first-order chi connectivity index (χ1) is 5.20. The Morgan fingerprint density at radius 2 is 2.18 bits per heavy atom. The molecule has 0 heterocycles. The molecule has 0 amide bonds. The average Bonchev–Trinajstić information content (AvgIpc) is 1.97. The standard InChI is InChI=1S/C6H20O2Si3/c1-6(2)4-5-11(7-9)8-10-3/h6,11H,4-5,10H2,1-3,9H3. The molecule has 11 heavy (non-hydrogen) atoms. The molecule has 68 valence electrons. The molecule has 0 aromatic rings. The second-order valence-electron chi connectivity index (χ2n) is 3.09. The van der Waals surface area contributed by atoms with Crippen LogP contribution in [-0.2, 0) is 8.23 Å². The SMILES string of the molecule is C[SiH2]O[SiH](CCC(C)C)O[SiH3]. The van der Waals surface area contributed by atoms with Gasteiger partial charge < -0.3 is 8.23 Å². The summed E-state index contributed by atoms with van der Waals surface area (Å²) in [7, 11) is -0.521. The van der Waals surface area contributed by atoms with Crippen LogP contribution in [-0.4, -0.2) is 29.5 Å². The predicted molar refractivity (Wildman–Crippen MR) is 57.9 cm³/mol. The highest BCUT2D eigenvalue weighted by molar-refractivity contribution is 6.55. The van der Waals surface area contributed by atoms with Gasteiger partial charge in [-0.25, -0.2) is 0 Å². The van der Waals surface area contributed by atoms with Gasteiger partial charge in [0.1, 0.15) is 20.2 Å². The normalized spacial score (nSPS) is 15.3. The first-order valence-corrected chi connectivity index (χ1v) is 8.91. The third-order valence-electron chi connectivity index (χ3n) is 1.60. The van der Waals surface area contributed by atoms with Crippen LogP contribution in [0.5, 0.6) is 0 Å². The van der Waals surface area contributed by atoms with Crippen molar-refractivity contribution in [2.45, 2.75) is 32.9 Å². The molecule has 0 fully saturated rings. The van der Waals surface area contributed by atoms with Crippen LogP contribution in [0.3, 0.4) is 0 Å². The van der Waals surface area contributed by atoms with Gasteiger partial charge in [0.15, 0.2) is 0 Å². The van der Waals surface area contributed by atoms with E-state index < -0.39 is 9.28 Å². The highest BCUT2D eigenvalue weighted by Crippen LogP contribution is 2.07. The van der Waals surface area contributed by atoms with Crippen LogP contribution in [0.1, 0.15) is 20.3 Å². The molecule has 0 bridgehead atoms. The zero-order valence-electron chi connectivity index (χ0n) is 8.09. The van der Waals surface area contributed by atoms with Gasteiger partial charge in [0.25, 0.3) is 9.28 Å². The molecule has 0 aliphatic rings. The quantitative estimate of drug-likeness (QED) is 0.558. The van der Waals surface area contributed by atoms with Gasteiger partial charge in [-0.15, -0.1) is 0 Å². The molecule has 0 saturated heterocycles. The van der Waals surface area contributed by atoms with Crippen LogP contribution < -0.4 is 0 Å². The van der Waals surface area contributed by atoms with E-state index in [-0.39, 0.29) is 9.76 Å². The summed E-state index contributed by atoms with van der Waals surface area (Å²) in [6.07, 6.45) is 1.27. The van der Waals surface area contributed by atoms with Gasteiger partial charge in [-0.1, -0.05) is 20.4 Å². The van der Waals surface area contributed by atoms with E-state index >= 15 is 0 Å². The Morgan fingerprint density at radius 1 is 1.55 bits per heavy atom. The highest BCUT2D eigenvalue weighted by atomic mass is 28.4. The van der Waals surface area contributed by atoms with E-state index in [0.717, 1.165) is 16.4 Å². The predicted octanol–water partition coefficient (Wildman–Crippen LogP) is -0.302. The summed E-state index contributed by atoms with van der Waals surface area (Å²) in [5.74, 6) is 0.795. The molecule has 2 nitrogen and oxygen atoms in total. The molecule has 0 radical (unpaired) electrons. The molecule has 0 aromatic carbocycles. The Bertz CT molecular complexity index is 89.9. The lowest BCUT2D eigenvalue weighted by Crippen LogP contribution is -2.23. The van der Waals surface area contributed by atoms with Crippen LogP contribution in [0.4, 0.5) is 0 Å². The lowest BCUT2D eigenvalue weighted by atomic mass is 10.2. The molecule has 1 unspecified atom stereocenters. The number of hydrogen-bond acceptors (Lipinski definition) is 2. The van der Waals surface area contributed by atoms with Crippen LogP contribution in [0.2, 0.25) is 12.6 Å². The average molecular weight is 208 g/mol. The topological polar surface area (TPSA) is 18.5 Å². The van der Waals surface area contributed by atoms with Crippen molar-refractivity contribution in [3.05, 3.63) is 0 Å². The van der Waals surface area contributed by atoms with Crippen LogP contribution in [0.25, 0.3) is 0 Å². The molecule has 5 heteroatoms. The summed E-state index contributed by atoms with van der Waals surface area (Å²) in [6, 6.07) is 1.21. The monoisotopic (exact) mass is 208 g/mol. The van der Waals surface area contributed by atoms with Gasteiger partial charge in [0.2, 0.25) is 0 Å². The van der Waals surface area contributed by atoms with Gasteiger partial charge in [-0.3, -0.25) is 0 Å². The Morgan fingerprint density at radius 3 is 2.55 bits per heavy atom. The summed E-state index contributed by atoms with van der Waals surface area (Å²) in [5, 5.41) is 0. The zero-order chi connectivity index (χ0) is 8.69. The maximum Gasteiger partial charge on any atom is 0.299 e. The first-order valence-electron chi connectivity index (χ1n) is 4.35. The summed E-state index contributed by atoms with van der Waals surface area (Å²) in [5.41, 5.74) is 0. The molecular weight excluding hydrogens is 188 g/mol. The Hall–Kier alpha value is 0.571. The van der Waals surface area contributed by atoms with E-state index in [1.54, 1.807) is 0 Å². The second-order valence-corrected chi connectivity index (χ2v) is 8.32. The minimum Gasteiger partial charge on any atom is -0.447 e. The van der Waals surface area contributed by atoms with Crippen molar-refractivity contribution >= 4 is 29.5 Å². The summed E-state index contributed by atoms with van der Waals surface area (Å²) in [6.45, 7) is 6.68. The summed E-state index contributed by atoms with van der Waals surface area (Å²) < 4.78 is 11.1. The minimum absolute atomic E-state index is 0.230. The molecule has 0 rings (SSSR count). The fourth-order valence-corrected chi connectivity index (χ4v) is 6.73. The van der Waals surface area contributed by atoms with Gasteiger partial charge >= 0.3 is 0 Å². The molecule has 0 aliphatic heterocycles. The maximum absolute atomic E-state index is 5.63. The van der Waals surface area contributed by atoms with Gasteiger partial charge in [-0.05, 0) is 18.4 Å². The summed E-state index contributed by atoms with van der Waals surface area (Å²) in [4.78, 5) is 0. The molecule has 1 atom stereocenters. The molecule has 0 N–H and O–H groups in total. The number of hydrogen-bond donors (Lipinski definition) is 0. The Labute approximate surface area is 77.0 Å². The van der Waals surface area contributed by atoms with E-state index in [1.807, 2.05) is 0 Å². The maximum atomic E-state index is 5.63. The lowest BCUT2D eigenvalue weighted by Gasteiger charge is -2.14. The van der Waals surface area contributed by atoms with E-state index in [2.05, 4.69) is 20.4 Å². The molecule has 0 aromatic heterocycles. The third-order valence-corrected chi connectivity index (χ3v) is 7.32. The zero-order valence-corrected chi connectivity index (χ0v) is 12.7. The van der Waals surface area contributed by atoms with Crippen LogP contribution in [0, 0.1) is 5.92 Å². The number of rotatable bonds is 6. The molecule has 0 saturated carbocycles. The van der Waals surface area contributed by atoms with Crippen molar-refractivity contribution in [3.8, 4) is 0 Å². The van der Waals surface area contributed by atoms with Crippen molar-refractivity contribution in [3.63, 3.8) is 0 Å². The largest absolute Gasteiger partial charge is 0.447 e. The second kappa shape index (κ2) is 7.23. The van der Waals surface area contributed by atoms with Crippen molar-refractivity contribution in [2.24, 2.45) is 5.92 Å². The Balaban J connectivity index is 3.35. The molecule has 0 spiro atoms. The highest BCUT2D eigenvalue weighted by Gasteiger charge is 2.09. The fraction of sp³-hybridized carbons (Fsp3) is 1.00. The first kappa shape index (κ1) is 11.6. The molecule has 0 aliphatic carbocycles. The van der Waals surface area contributed by atoms with Crippen LogP contribution in [0.15, 0.2) is 0 Å². The third kappa shape index (κ3) is 6.95. The van der Waals surface area contributed by atoms with E-state index in [4.69, 9.17) is 8.23 Å².